The standard InChI is InChI=1S/C16H35O2P/c1-7-9-10-11-15(8-2)19(17,18)13-14(3)12-16(4,5)6/h14-15H,7-13H2,1-6H3,(H,17,18). The molecule has 0 saturated heterocycles. The molecule has 0 amide bonds. The van der Waals surface area contributed by atoms with E-state index in [1.807, 2.05) is 6.92 Å². The van der Waals surface area contributed by atoms with E-state index in [1.54, 1.807) is 0 Å². The summed E-state index contributed by atoms with van der Waals surface area (Å²) in [5, 5.41) is 0. The molecule has 0 saturated carbocycles. The van der Waals surface area contributed by atoms with E-state index in [4.69, 9.17) is 0 Å². The van der Waals surface area contributed by atoms with Crippen molar-refractivity contribution in [3.05, 3.63) is 0 Å². The van der Waals surface area contributed by atoms with Crippen molar-refractivity contribution >= 4 is 7.37 Å². The van der Waals surface area contributed by atoms with Gasteiger partial charge in [0.15, 0.2) is 0 Å². The molecular formula is C16H35O2P. The smallest absolute Gasteiger partial charge is 0.203 e. The van der Waals surface area contributed by atoms with E-state index >= 15 is 0 Å². The van der Waals surface area contributed by atoms with Crippen molar-refractivity contribution in [1.82, 2.24) is 0 Å². The molecule has 0 radical (unpaired) electrons. The molecule has 0 aromatic rings. The number of rotatable bonds is 9. The normalized spacial score (nSPS) is 18.9. The van der Waals surface area contributed by atoms with Gasteiger partial charge >= 0.3 is 0 Å². The van der Waals surface area contributed by atoms with Gasteiger partial charge in [-0.05, 0) is 30.6 Å². The average Bonchev–Trinajstić information content (AvgIpc) is 2.20. The molecule has 3 atom stereocenters. The highest BCUT2D eigenvalue weighted by Gasteiger charge is 2.31. The second kappa shape index (κ2) is 8.47. The van der Waals surface area contributed by atoms with Crippen molar-refractivity contribution in [1.29, 1.82) is 0 Å². The molecule has 3 unspecified atom stereocenters. The van der Waals surface area contributed by atoms with E-state index in [2.05, 4.69) is 34.6 Å². The Morgan fingerprint density at radius 1 is 1.16 bits per heavy atom. The molecular weight excluding hydrogens is 255 g/mol. The number of unbranched alkanes of at least 4 members (excludes halogenated alkanes) is 2. The molecule has 0 aliphatic rings. The van der Waals surface area contributed by atoms with Crippen molar-refractivity contribution in [2.75, 3.05) is 6.16 Å². The minimum atomic E-state index is -2.99. The lowest BCUT2D eigenvalue weighted by molar-refractivity contribution is 0.316. The molecule has 0 spiro atoms. The first-order chi connectivity index (χ1) is 8.62. The van der Waals surface area contributed by atoms with E-state index in [0.29, 0.717) is 12.1 Å². The fourth-order valence-electron chi connectivity index (χ4n) is 3.03. The first kappa shape index (κ1) is 19.2. The van der Waals surface area contributed by atoms with Crippen LogP contribution in [0.5, 0.6) is 0 Å². The summed E-state index contributed by atoms with van der Waals surface area (Å²) in [6, 6.07) is 0. The minimum Gasteiger partial charge on any atom is -0.344 e. The van der Waals surface area contributed by atoms with Crippen molar-refractivity contribution in [2.24, 2.45) is 11.3 Å². The van der Waals surface area contributed by atoms with Gasteiger partial charge in [0.1, 0.15) is 0 Å². The Hall–Kier alpha value is 0.190. The molecule has 2 nitrogen and oxygen atoms in total. The molecule has 0 rings (SSSR count). The van der Waals surface area contributed by atoms with E-state index in [9.17, 15) is 9.46 Å². The Kier molecular flexibility index (Phi) is 8.56. The summed E-state index contributed by atoms with van der Waals surface area (Å²) in [5.41, 5.74) is 0.255. The van der Waals surface area contributed by atoms with Crippen LogP contribution < -0.4 is 0 Å². The lowest BCUT2D eigenvalue weighted by atomic mass is 9.86. The van der Waals surface area contributed by atoms with Crippen molar-refractivity contribution in [3.8, 4) is 0 Å². The molecule has 0 bridgehead atoms. The summed E-state index contributed by atoms with van der Waals surface area (Å²) in [7, 11) is -2.99. The lowest BCUT2D eigenvalue weighted by Crippen LogP contribution is -2.18. The molecule has 1 N–H and O–H groups in total. The Morgan fingerprint density at radius 3 is 2.16 bits per heavy atom. The van der Waals surface area contributed by atoms with Crippen LogP contribution in [-0.2, 0) is 4.57 Å². The molecule has 0 aliphatic heterocycles. The van der Waals surface area contributed by atoms with E-state index in [0.717, 1.165) is 25.7 Å². The van der Waals surface area contributed by atoms with Crippen molar-refractivity contribution in [2.45, 2.75) is 85.7 Å². The van der Waals surface area contributed by atoms with E-state index in [-0.39, 0.29) is 11.1 Å². The fraction of sp³-hybridized carbons (Fsp3) is 1.00. The van der Waals surface area contributed by atoms with Crippen molar-refractivity contribution in [3.63, 3.8) is 0 Å². The van der Waals surface area contributed by atoms with Crippen LogP contribution in [0.2, 0.25) is 0 Å². The van der Waals surface area contributed by atoms with E-state index < -0.39 is 7.37 Å². The zero-order valence-electron chi connectivity index (χ0n) is 13.9. The third kappa shape index (κ3) is 8.87. The maximum absolute atomic E-state index is 12.6. The third-order valence-electron chi connectivity index (χ3n) is 3.72. The predicted molar refractivity (Wildman–Crippen MR) is 86.1 cm³/mol. The van der Waals surface area contributed by atoms with Crippen LogP contribution in [0, 0.1) is 11.3 Å². The average molecular weight is 290 g/mol. The monoisotopic (exact) mass is 290 g/mol. The molecule has 0 aliphatic carbocycles. The Labute approximate surface area is 120 Å². The SMILES string of the molecule is CCCCCC(CC)P(=O)(O)CC(C)CC(C)(C)C. The number of hydrogen-bond donors (Lipinski definition) is 1. The molecule has 0 aromatic heterocycles. The molecule has 0 heterocycles. The van der Waals surface area contributed by atoms with Gasteiger partial charge in [-0.1, -0.05) is 60.8 Å². The maximum atomic E-state index is 12.6. The highest BCUT2D eigenvalue weighted by atomic mass is 31.2. The topological polar surface area (TPSA) is 37.3 Å². The van der Waals surface area contributed by atoms with Gasteiger partial charge in [-0.3, -0.25) is 4.57 Å². The predicted octanol–water partition coefficient (Wildman–Crippen LogP) is 5.69. The molecule has 0 aromatic carbocycles. The highest BCUT2D eigenvalue weighted by molar-refractivity contribution is 7.58. The quantitative estimate of drug-likeness (QED) is 0.437. The zero-order valence-corrected chi connectivity index (χ0v) is 14.8. The van der Waals surface area contributed by atoms with Crippen LogP contribution in [0.25, 0.3) is 0 Å². The zero-order chi connectivity index (χ0) is 15.1. The summed E-state index contributed by atoms with van der Waals surface area (Å²) in [6.07, 6.45) is 6.70. The van der Waals surface area contributed by atoms with Crippen LogP contribution in [0.3, 0.4) is 0 Å². The van der Waals surface area contributed by atoms with Crippen molar-refractivity contribution < 1.29 is 9.46 Å². The van der Waals surface area contributed by atoms with Gasteiger partial charge in [-0.25, -0.2) is 0 Å². The molecule has 0 fully saturated rings. The molecule has 116 valence electrons. The second-order valence-electron chi connectivity index (χ2n) is 7.37. The Balaban J connectivity index is 4.43. The second-order valence-corrected chi connectivity index (χ2v) is 9.97. The van der Waals surface area contributed by atoms with Gasteiger partial charge in [0, 0.05) is 11.8 Å². The van der Waals surface area contributed by atoms with Gasteiger partial charge in [-0.15, -0.1) is 0 Å². The highest BCUT2D eigenvalue weighted by Crippen LogP contribution is 2.52. The summed E-state index contributed by atoms with van der Waals surface area (Å²) >= 11 is 0. The van der Waals surface area contributed by atoms with Gasteiger partial charge in [0.05, 0.1) is 0 Å². The fourth-order valence-corrected chi connectivity index (χ4v) is 5.50. The maximum Gasteiger partial charge on any atom is 0.203 e. The van der Waals surface area contributed by atoms with Crippen LogP contribution >= 0.6 is 7.37 Å². The molecule has 19 heavy (non-hydrogen) atoms. The molecule has 3 heteroatoms. The van der Waals surface area contributed by atoms with Crippen LogP contribution in [-0.4, -0.2) is 16.7 Å². The van der Waals surface area contributed by atoms with Gasteiger partial charge in [-0.2, -0.15) is 0 Å². The minimum absolute atomic E-state index is 0.0152. The van der Waals surface area contributed by atoms with Gasteiger partial charge < -0.3 is 4.89 Å². The first-order valence-electron chi connectivity index (χ1n) is 7.94. The Bertz CT molecular complexity index is 281. The largest absolute Gasteiger partial charge is 0.344 e. The van der Waals surface area contributed by atoms with Crippen LogP contribution in [0.15, 0.2) is 0 Å². The van der Waals surface area contributed by atoms with Gasteiger partial charge in [0.2, 0.25) is 7.37 Å². The first-order valence-corrected chi connectivity index (χ1v) is 9.85. The van der Waals surface area contributed by atoms with Crippen LogP contribution in [0.1, 0.15) is 80.1 Å². The number of hydrogen-bond acceptors (Lipinski definition) is 1. The van der Waals surface area contributed by atoms with E-state index in [1.165, 1.54) is 12.8 Å². The third-order valence-corrected chi connectivity index (χ3v) is 6.63. The summed E-state index contributed by atoms with van der Waals surface area (Å²) in [6.45, 7) is 12.9. The Morgan fingerprint density at radius 2 is 1.74 bits per heavy atom. The summed E-state index contributed by atoms with van der Waals surface area (Å²) < 4.78 is 12.6. The summed E-state index contributed by atoms with van der Waals surface area (Å²) in [5.74, 6) is 0.330. The lowest BCUT2D eigenvalue weighted by Gasteiger charge is -2.28. The van der Waals surface area contributed by atoms with Crippen LogP contribution in [0.4, 0.5) is 0 Å². The summed E-state index contributed by atoms with van der Waals surface area (Å²) in [4.78, 5) is 10.4. The van der Waals surface area contributed by atoms with Gasteiger partial charge in [0.25, 0.3) is 0 Å².